The number of aromatic nitrogens is 3. The molecule has 0 bridgehead atoms. The van der Waals surface area contributed by atoms with E-state index >= 15 is 0 Å². The van der Waals surface area contributed by atoms with Crippen molar-refractivity contribution in [2.45, 2.75) is 6.61 Å². The quantitative estimate of drug-likeness (QED) is 0.493. The van der Waals surface area contributed by atoms with Crippen LogP contribution >= 0.6 is 11.3 Å². The van der Waals surface area contributed by atoms with Crippen LogP contribution in [0.4, 0.5) is 14.2 Å². The fourth-order valence-electron chi connectivity index (χ4n) is 2.64. The van der Waals surface area contributed by atoms with Crippen molar-refractivity contribution in [2.24, 2.45) is 0 Å². The normalized spacial score (nSPS) is 10.6. The molecule has 4 rings (SSSR count). The van der Waals surface area contributed by atoms with Gasteiger partial charge < -0.3 is 10.1 Å². The van der Waals surface area contributed by atoms with E-state index < -0.39 is 23.7 Å². The zero-order chi connectivity index (χ0) is 21.8. The molecule has 11 heteroatoms. The summed E-state index contributed by atoms with van der Waals surface area (Å²) in [5.74, 6) is -1.79. The van der Waals surface area contributed by atoms with Crippen molar-refractivity contribution in [3.8, 4) is 0 Å². The molecule has 0 radical (unpaired) electrons. The number of imide groups is 1. The number of anilines is 1. The van der Waals surface area contributed by atoms with E-state index in [0.29, 0.717) is 5.65 Å². The number of amides is 3. The van der Waals surface area contributed by atoms with E-state index in [1.54, 1.807) is 23.7 Å². The monoisotopic (exact) mass is 439 g/mol. The number of halogens is 1. The fourth-order valence-corrected chi connectivity index (χ4v) is 3.42. The summed E-state index contributed by atoms with van der Waals surface area (Å²) in [5, 5.41) is 10.5. The Morgan fingerprint density at radius 1 is 1.13 bits per heavy atom. The van der Waals surface area contributed by atoms with E-state index in [1.807, 2.05) is 0 Å². The van der Waals surface area contributed by atoms with Gasteiger partial charge in [-0.3, -0.25) is 14.9 Å². The fraction of sp³-hybridized carbons (Fsp3) is 0.0500. The number of thiophene rings is 1. The smallest absolute Gasteiger partial charge is 0.414 e. The van der Waals surface area contributed by atoms with E-state index in [-0.39, 0.29) is 28.3 Å². The molecule has 0 saturated carbocycles. The molecule has 0 saturated heterocycles. The number of benzene rings is 1. The molecule has 0 aliphatic heterocycles. The van der Waals surface area contributed by atoms with Gasteiger partial charge in [0.25, 0.3) is 11.8 Å². The topological polar surface area (TPSA) is 115 Å². The van der Waals surface area contributed by atoms with Crippen LogP contribution in [0.3, 0.4) is 0 Å². The van der Waals surface area contributed by atoms with Crippen LogP contribution in [0.15, 0.2) is 60.4 Å². The van der Waals surface area contributed by atoms with E-state index in [4.69, 9.17) is 4.74 Å². The molecule has 3 aromatic heterocycles. The number of nitrogens with zero attached hydrogens (tertiary/aromatic N) is 3. The van der Waals surface area contributed by atoms with Crippen molar-refractivity contribution < 1.29 is 23.5 Å². The molecule has 1 aromatic carbocycles. The van der Waals surface area contributed by atoms with Crippen molar-refractivity contribution in [3.63, 3.8) is 0 Å². The van der Waals surface area contributed by atoms with Crippen molar-refractivity contribution in [1.29, 1.82) is 0 Å². The molecule has 156 valence electrons. The largest absolute Gasteiger partial charge is 0.444 e. The highest BCUT2D eigenvalue weighted by molar-refractivity contribution is 7.14. The summed E-state index contributed by atoms with van der Waals surface area (Å²) in [6.07, 6.45) is 3.41. The van der Waals surface area contributed by atoms with Gasteiger partial charge in [0.1, 0.15) is 17.4 Å². The SMILES string of the molecule is O=C(NC(=O)c1ccsc1NC(=O)c1cnc2ccnn2c1)OCc1ccccc1F. The molecule has 31 heavy (non-hydrogen) atoms. The average molecular weight is 439 g/mol. The lowest BCUT2D eigenvalue weighted by Crippen LogP contribution is -2.31. The van der Waals surface area contributed by atoms with E-state index in [0.717, 1.165) is 11.3 Å². The number of ether oxygens (including phenoxy) is 1. The molecule has 0 atom stereocenters. The third-order valence-electron chi connectivity index (χ3n) is 4.18. The molecule has 4 aromatic rings. The van der Waals surface area contributed by atoms with Crippen molar-refractivity contribution in [1.82, 2.24) is 19.9 Å². The summed E-state index contributed by atoms with van der Waals surface area (Å²) in [7, 11) is 0. The van der Waals surface area contributed by atoms with Gasteiger partial charge in [-0.1, -0.05) is 18.2 Å². The van der Waals surface area contributed by atoms with Crippen molar-refractivity contribution in [2.75, 3.05) is 5.32 Å². The standard InChI is InChI=1S/C20H14FN5O4S/c21-15-4-2-1-3-12(15)11-30-20(29)25-18(28)14-6-8-31-19(14)24-17(27)13-9-22-16-5-7-23-26(16)10-13/h1-10H,11H2,(H,24,27)(H,25,28,29). The summed E-state index contributed by atoms with van der Waals surface area (Å²) in [6, 6.07) is 8.96. The van der Waals surface area contributed by atoms with Crippen LogP contribution in [0, 0.1) is 5.82 Å². The van der Waals surface area contributed by atoms with Crippen LogP contribution in [0.1, 0.15) is 26.3 Å². The molecule has 3 heterocycles. The molecule has 2 N–H and O–H groups in total. The van der Waals surface area contributed by atoms with Gasteiger partial charge in [0, 0.05) is 24.0 Å². The zero-order valence-electron chi connectivity index (χ0n) is 15.7. The third-order valence-corrected chi connectivity index (χ3v) is 5.01. The molecule has 0 aliphatic carbocycles. The second-order valence-corrected chi connectivity index (χ2v) is 7.13. The maximum Gasteiger partial charge on any atom is 0.414 e. The van der Waals surface area contributed by atoms with E-state index in [1.165, 1.54) is 41.2 Å². The van der Waals surface area contributed by atoms with Gasteiger partial charge in [0.15, 0.2) is 5.65 Å². The highest BCUT2D eigenvalue weighted by atomic mass is 32.1. The summed E-state index contributed by atoms with van der Waals surface area (Å²) < 4.78 is 19.9. The molecule has 0 fully saturated rings. The number of nitrogens with one attached hydrogen (secondary N) is 2. The lowest BCUT2D eigenvalue weighted by molar-refractivity contribution is 0.0912. The highest BCUT2D eigenvalue weighted by Gasteiger charge is 2.19. The summed E-state index contributed by atoms with van der Waals surface area (Å²) in [6.45, 7) is -0.331. The lowest BCUT2D eigenvalue weighted by atomic mass is 10.2. The minimum Gasteiger partial charge on any atom is -0.444 e. The van der Waals surface area contributed by atoms with Crippen LogP contribution in [0.5, 0.6) is 0 Å². The number of hydrogen-bond donors (Lipinski definition) is 2. The molecule has 9 nitrogen and oxygen atoms in total. The predicted molar refractivity (Wildman–Crippen MR) is 109 cm³/mol. The minimum absolute atomic E-state index is 0.0781. The highest BCUT2D eigenvalue weighted by Crippen LogP contribution is 2.24. The summed E-state index contributed by atoms with van der Waals surface area (Å²) in [5.41, 5.74) is 1.08. The minimum atomic E-state index is -1.04. The first-order valence-electron chi connectivity index (χ1n) is 8.91. The summed E-state index contributed by atoms with van der Waals surface area (Å²) >= 11 is 1.11. The predicted octanol–water partition coefficient (Wildman–Crippen LogP) is 3.25. The van der Waals surface area contributed by atoms with Crippen LogP contribution < -0.4 is 10.6 Å². The number of fused-ring (bicyclic) bond motifs is 1. The Balaban J connectivity index is 1.38. The van der Waals surface area contributed by atoms with E-state index in [2.05, 4.69) is 20.7 Å². The summed E-state index contributed by atoms with van der Waals surface area (Å²) in [4.78, 5) is 41.0. The zero-order valence-corrected chi connectivity index (χ0v) is 16.6. The first-order chi connectivity index (χ1) is 15.0. The van der Waals surface area contributed by atoms with Gasteiger partial charge in [-0.05, 0) is 17.5 Å². The second kappa shape index (κ2) is 8.71. The number of rotatable bonds is 5. The maximum atomic E-state index is 13.6. The molecule has 0 spiro atoms. The molecular formula is C20H14FN5O4S. The molecule has 0 aliphatic rings. The average Bonchev–Trinajstić information content (AvgIpc) is 3.41. The first kappa shape index (κ1) is 20.2. The van der Waals surface area contributed by atoms with Gasteiger partial charge in [0.2, 0.25) is 0 Å². The van der Waals surface area contributed by atoms with Gasteiger partial charge in [-0.15, -0.1) is 11.3 Å². The van der Waals surface area contributed by atoms with Crippen molar-refractivity contribution >= 4 is 39.9 Å². The Morgan fingerprint density at radius 3 is 2.81 bits per heavy atom. The number of hydrogen-bond acceptors (Lipinski definition) is 7. The third kappa shape index (κ3) is 4.56. The van der Waals surface area contributed by atoms with Gasteiger partial charge in [-0.2, -0.15) is 5.10 Å². The van der Waals surface area contributed by atoms with Crippen LogP contribution in [-0.2, 0) is 11.3 Å². The molecular weight excluding hydrogens is 425 g/mol. The number of carbonyl (C=O) groups is 3. The Labute approximate surface area is 178 Å². The Kier molecular flexibility index (Phi) is 5.67. The Bertz CT molecular complexity index is 1290. The van der Waals surface area contributed by atoms with Gasteiger partial charge >= 0.3 is 6.09 Å². The first-order valence-corrected chi connectivity index (χ1v) is 9.79. The van der Waals surface area contributed by atoms with Crippen LogP contribution in [0.2, 0.25) is 0 Å². The van der Waals surface area contributed by atoms with E-state index in [9.17, 15) is 18.8 Å². The van der Waals surface area contributed by atoms with Crippen LogP contribution in [0.25, 0.3) is 5.65 Å². The van der Waals surface area contributed by atoms with Gasteiger partial charge in [-0.25, -0.2) is 18.7 Å². The Morgan fingerprint density at radius 2 is 1.97 bits per heavy atom. The lowest BCUT2D eigenvalue weighted by Gasteiger charge is -2.08. The van der Waals surface area contributed by atoms with Crippen LogP contribution in [-0.4, -0.2) is 32.5 Å². The number of alkyl carbamates (subject to hydrolysis) is 1. The number of carbonyl (C=O) groups excluding carboxylic acids is 3. The Hall–Kier alpha value is -4.12. The molecule has 0 unspecified atom stereocenters. The maximum absolute atomic E-state index is 13.6. The second-order valence-electron chi connectivity index (χ2n) is 6.22. The van der Waals surface area contributed by atoms with Gasteiger partial charge in [0.05, 0.1) is 17.3 Å². The van der Waals surface area contributed by atoms with Crippen molar-refractivity contribution in [3.05, 3.63) is 82.9 Å². The molecule has 3 amide bonds.